The van der Waals surface area contributed by atoms with Gasteiger partial charge in [0, 0.05) is 27.5 Å². The van der Waals surface area contributed by atoms with E-state index in [1.807, 2.05) is 25.1 Å². The van der Waals surface area contributed by atoms with Gasteiger partial charge in [0.2, 0.25) is 5.96 Å². The molecule has 124 valence electrons. The second kappa shape index (κ2) is 7.98. The number of nitrogens with two attached hydrogens (primary N) is 2. The van der Waals surface area contributed by atoms with Crippen LogP contribution in [-0.4, -0.2) is 18.4 Å². The number of rotatable bonds is 4. The van der Waals surface area contributed by atoms with Crippen LogP contribution in [0, 0.1) is 12.3 Å². The number of halogens is 1. The summed E-state index contributed by atoms with van der Waals surface area (Å²) < 4.78 is 0. The Hall–Kier alpha value is -3.06. The third-order valence-electron chi connectivity index (χ3n) is 3.05. The van der Waals surface area contributed by atoms with Crippen LogP contribution in [-0.2, 0) is 0 Å². The summed E-state index contributed by atoms with van der Waals surface area (Å²) in [6, 6.07) is 10.7. The smallest absolute Gasteiger partial charge is 0.230 e. The van der Waals surface area contributed by atoms with E-state index in [-0.39, 0.29) is 5.96 Å². The number of aryl methyl sites for hydroxylation is 1. The van der Waals surface area contributed by atoms with Gasteiger partial charge in [-0.25, -0.2) is 10.9 Å². The van der Waals surface area contributed by atoms with Crippen LogP contribution in [0.15, 0.2) is 46.6 Å². The normalized spacial score (nSPS) is 11.1. The lowest BCUT2D eigenvalue weighted by molar-refractivity contribution is 0.893. The summed E-state index contributed by atoms with van der Waals surface area (Å²) in [6.45, 7) is 1.96. The molecular formula is C16H18ClN7. The SMILES string of the molecule is Cc1ccc(/C=N/NC(=N)N/N=C/c2ccc(Cl)cc2N)c(N)c1. The van der Waals surface area contributed by atoms with Crippen molar-refractivity contribution in [1.29, 1.82) is 5.41 Å². The van der Waals surface area contributed by atoms with Crippen molar-refractivity contribution >= 4 is 41.4 Å². The highest BCUT2D eigenvalue weighted by atomic mass is 35.5. The predicted molar refractivity (Wildman–Crippen MR) is 101 cm³/mol. The fourth-order valence-electron chi connectivity index (χ4n) is 1.83. The molecule has 0 heterocycles. The van der Waals surface area contributed by atoms with E-state index in [1.54, 1.807) is 18.2 Å². The molecule has 2 aromatic rings. The first-order chi connectivity index (χ1) is 11.5. The molecule has 0 unspecified atom stereocenters. The van der Waals surface area contributed by atoms with E-state index in [0.29, 0.717) is 22.0 Å². The van der Waals surface area contributed by atoms with E-state index in [4.69, 9.17) is 28.5 Å². The van der Waals surface area contributed by atoms with Gasteiger partial charge in [0.25, 0.3) is 0 Å². The molecule has 7 N–H and O–H groups in total. The Kier molecular flexibility index (Phi) is 5.75. The predicted octanol–water partition coefficient (Wildman–Crippen LogP) is 2.29. The number of nitrogen functional groups attached to an aromatic ring is 2. The maximum atomic E-state index is 7.66. The Bertz CT molecular complexity index is 734. The second-order valence-electron chi connectivity index (χ2n) is 5.02. The van der Waals surface area contributed by atoms with Crippen LogP contribution in [0.4, 0.5) is 11.4 Å². The first kappa shape index (κ1) is 17.3. The summed E-state index contributed by atoms with van der Waals surface area (Å²) in [5.74, 6) is -0.0966. The molecule has 0 bridgehead atoms. The second-order valence-corrected chi connectivity index (χ2v) is 5.46. The highest BCUT2D eigenvalue weighted by Gasteiger charge is 1.98. The molecule has 0 aliphatic rings. The van der Waals surface area contributed by atoms with Gasteiger partial charge in [0.15, 0.2) is 0 Å². The number of nitrogens with one attached hydrogen (secondary N) is 3. The first-order valence-corrected chi connectivity index (χ1v) is 7.41. The van der Waals surface area contributed by atoms with Crippen LogP contribution in [0.25, 0.3) is 0 Å². The third kappa shape index (κ3) is 4.99. The maximum absolute atomic E-state index is 7.66. The Morgan fingerprint density at radius 3 is 2.08 bits per heavy atom. The van der Waals surface area contributed by atoms with Gasteiger partial charge < -0.3 is 11.5 Å². The standard InChI is InChI=1S/C16H18ClN7/c1-10-2-3-11(14(18)6-10)8-21-23-16(20)24-22-9-12-4-5-13(17)7-15(12)19/h2-9H,18-19H2,1H3,(H3,20,23,24)/b21-8+,22-9+. The number of hydrogen-bond donors (Lipinski definition) is 5. The fourth-order valence-corrected chi connectivity index (χ4v) is 2.01. The fraction of sp³-hybridized carbons (Fsp3) is 0.0625. The zero-order valence-corrected chi connectivity index (χ0v) is 13.8. The molecule has 0 radical (unpaired) electrons. The zero-order chi connectivity index (χ0) is 17.5. The summed E-state index contributed by atoms with van der Waals surface area (Å²) in [4.78, 5) is 0. The van der Waals surface area contributed by atoms with E-state index < -0.39 is 0 Å². The molecule has 0 saturated carbocycles. The minimum atomic E-state index is -0.0966. The van der Waals surface area contributed by atoms with Gasteiger partial charge in [-0.3, -0.25) is 5.41 Å². The number of hydrogen-bond acceptors (Lipinski definition) is 5. The molecule has 2 rings (SSSR count). The molecule has 0 amide bonds. The lowest BCUT2D eigenvalue weighted by atomic mass is 10.1. The minimum absolute atomic E-state index is 0.0966. The van der Waals surface area contributed by atoms with Gasteiger partial charge in [-0.1, -0.05) is 23.7 Å². The maximum Gasteiger partial charge on any atom is 0.230 e. The average molecular weight is 344 g/mol. The van der Waals surface area contributed by atoms with Crippen LogP contribution in [0.5, 0.6) is 0 Å². The number of hydrazone groups is 2. The van der Waals surface area contributed by atoms with Crippen molar-refractivity contribution < 1.29 is 0 Å². The number of benzene rings is 2. The van der Waals surface area contributed by atoms with Crippen LogP contribution >= 0.6 is 11.6 Å². The molecule has 0 fully saturated rings. The van der Waals surface area contributed by atoms with Gasteiger partial charge in [-0.15, -0.1) is 0 Å². The molecule has 0 atom stereocenters. The number of nitrogens with zero attached hydrogens (tertiary/aromatic N) is 2. The summed E-state index contributed by atoms with van der Waals surface area (Å²) in [5, 5.41) is 16.0. The van der Waals surface area contributed by atoms with Gasteiger partial charge in [-0.2, -0.15) is 10.2 Å². The molecule has 7 nitrogen and oxygen atoms in total. The average Bonchev–Trinajstić information content (AvgIpc) is 2.51. The van der Waals surface area contributed by atoms with E-state index in [1.165, 1.54) is 12.4 Å². The van der Waals surface area contributed by atoms with Gasteiger partial charge in [0.1, 0.15) is 0 Å². The topological polar surface area (TPSA) is 125 Å². The Morgan fingerprint density at radius 2 is 1.54 bits per heavy atom. The minimum Gasteiger partial charge on any atom is -0.398 e. The van der Waals surface area contributed by atoms with Crippen LogP contribution < -0.4 is 22.3 Å². The summed E-state index contributed by atoms with van der Waals surface area (Å²) >= 11 is 5.82. The van der Waals surface area contributed by atoms with Crippen LogP contribution in [0.3, 0.4) is 0 Å². The number of guanidine groups is 1. The highest BCUT2D eigenvalue weighted by molar-refractivity contribution is 6.31. The summed E-state index contributed by atoms with van der Waals surface area (Å²) in [7, 11) is 0. The molecular weight excluding hydrogens is 326 g/mol. The van der Waals surface area contributed by atoms with E-state index >= 15 is 0 Å². The van der Waals surface area contributed by atoms with E-state index in [2.05, 4.69) is 21.1 Å². The molecule has 2 aromatic carbocycles. The molecule has 0 aliphatic heterocycles. The van der Waals surface area contributed by atoms with Gasteiger partial charge in [-0.05, 0) is 36.8 Å². The lowest BCUT2D eigenvalue weighted by Gasteiger charge is -2.03. The molecule has 0 aliphatic carbocycles. The van der Waals surface area contributed by atoms with Crippen molar-refractivity contribution in [3.8, 4) is 0 Å². The van der Waals surface area contributed by atoms with Crippen LogP contribution in [0.2, 0.25) is 5.02 Å². The summed E-state index contributed by atoms with van der Waals surface area (Å²) in [6.07, 6.45) is 3.02. The monoisotopic (exact) mass is 343 g/mol. The van der Waals surface area contributed by atoms with Crippen LogP contribution in [0.1, 0.15) is 16.7 Å². The summed E-state index contributed by atoms with van der Waals surface area (Å²) in [5.41, 5.74) is 20.3. The molecule has 0 spiro atoms. The highest BCUT2D eigenvalue weighted by Crippen LogP contribution is 2.16. The molecule has 0 aromatic heterocycles. The van der Waals surface area contributed by atoms with Crippen molar-refractivity contribution in [3.05, 3.63) is 58.1 Å². The van der Waals surface area contributed by atoms with Crippen molar-refractivity contribution in [3.63, 3.8) is 0 Å². The molecule has 0 saturated heterocycles. The van der Waals surface area contributed by atoms with Gasteiger partial charge in [0.05, 0.1) is 12.4 Å². The Balaban J connectivity index is 1.87. The van der Waals surface area contributed by atoms with Gasteiger partial charge >= 0.3 is 0 Å². The third-order valence-corrected chi connectivity index (χ3v) is 3.29. The number of anilines is 2. The van der Waals surface area contributed by atoms with Crippen molar-refractivity contribution in [2.24, 2.45) is 10.2 Å². The Labute approximate surface area is 144 Å². The van der Waals surface area contributed by atoms with Crippen molar-refractivity contribution in [2.75, 3.05) is 11.5 Å². The molecule has 8 heteroatoms. The largest absolute Gasteiger partial charge is 0.398 e. The molecule has 24 heavy (non-hydrogen) atoms. The zero-order valence-electron chi connectivity index (χ0n) is 13.0. The van der Waals surface area contributed by atoms with E-state index in [0.717, 1.165) is 11.1 Å². The van der Waals surface area contributed by atoms with Crippen molar-refractivity contribution in [2.45, 2.75) is 6.92 Å². The van der Waals surface area contributed by atoms with Crippen molar-refractivity contribution in [1.82, 2.24) is 10.9 Å². The van der Waals surface area contributed by atoms with E-state index in [9.17, 15) is 0 Å². The quantitative estimate of drug-likeness (QED) is 0.253. The Morgan fingerprint density at radius 1 is 1.00 bits per heavy atom. The lowest BCUT2D eigenvalue weighted by Crippen LogP contribution is -2.29. The first-order valence-electron chi connectivity index (χ1n) is 7.03.